The zero-order valence-corrected chi connectivity index (χ0v) is 13.5. The average Bonchev–Trinajstić information content (AvgIpc) is 2.44. The van der Waals surface area contributed by atoms with Gasteiger partial charge in [-0.15, -0.1) is 0 Å². The molecule has 116 valence electrons. The molecule has 1 saturated carbocycles. The number of hydrogen-bond donors (Lipinski definition) is 2. The minimum absolute atomic E-state index is 0.0365. The fourth-order valence-electron chi connectivity index (χ4n) is 3.33. The Morgan fingerprint density at radius 3 is 2.86 bits per heavy atom. The normalized spacial score (nSPS) is 28.1. The van der Waals surface area contributed by atoms with Gasteiger partial charge in [0.25, 0.3) is 0 Å². The summed E-state index contributed by atoms with van der Waals surface area (Å²) in [6.07, 6.45) is 5.39. The number of carbonyl (C=O) groups excluding carboxylic acids is 1. The molecule has 0 radical (unpaired) electrons. The number of amides is 1. The van der Waals surface area contributed by atoms with Crippen molar-refractivity contribution < 1.29 is 4.79 Å². The Morgan fingerprint density at radius 2 is 2.19 bits per heavy atom. The third-order valence-corrected chi connectivity index (χ3v) is 5.41. The van der Waals surface area contributed by atoms with Crippen LogP contribution in [0.1, 0.15) is 44.7 Å². The molecular weight excluding hydrogens is 262 g/mol. The van der Waals surface area contributed by atoms with E-state index in [1.165, 1.54) is 0 Å². The zero-order valence-electron chi connectivity index (χ0n) is 13.5. The minimum Gasteiger partial charge on any atom is -0.352 e. The van der Waals surface area contributed by atoms with Crippen LogP contribution in [-0.4, -0.2) is 16.9 Å². The van der Waals surface area contributed by atoms with Gasteiger partial charge in [-0.05, 0) is 48.3 Å². The van der Waals surface area contributed by atoms with Crippen LogP contribution in [0.3, 0.4) is 0 Å². The van der Waals surface area contributed by atoms with E-state index < -0.39 is 0 Å². The smallest absolute Gasteiger partial charge is 0.223 e. The molecule has 1 aliphatic rings. The molecule has 1 aromatic heterocycles. The van der Waals surface area contributed by atoms with Gasteiger partial charge in [-0.2, -0.15) is 0 Å². The Morgan fingerprint density at radius 1 is 1.48 bits per heavy atom. The second-order valence-electron chi connectivity index (χ2n) is 6.92. The Bertz CT molecular complexity index is 513. The Kier molecular flexibility index (Phi) is 4.67. The topological polar surface area (TPSA) is 68.0 Å². The van der Waals surface area contributed by atoms with Crippen molar-refractivity contribution in [1.29, 1.82) is 0 Å². The number of nitrogens with two attached hydrogens (primary N) is 1. The lowest BCUT2D eigenvalue weighted by Gasteiger charge is -2.46. The summed E-state index contributed by atoms with van der Waals surface area (Å²) < 4.78 is 0. The van der Waals surface area contributed by atoms with E-state index in [-0.39, 0.29) is 23.3 Å². The molecule has 3 N–H and O–H groups in total. The van der Waals surface area contributed by atoms with Crippen LogP contribution in [0.15, 0.2) is 18.5 Å². The van der Waals surface area contributed by atoms with E-state index in [0.29, 0.717) is 12.5 Å². The number of nitrogens with zero attached hydrogens (tertiary/aromatic N) is 1. The van der Waals surface area contributed by atoms with Crippen LogP contribution in [0, 0.1) is 24.2 Å². The summed E-state index contributed by atoms with van der Waals surface area (Å²) in [7, 11) is 0. The number of nitrogens with one attached hydrogen (secondary N) is 1. The predicted molar refractivity (Wildman–Crippen MR) is 84.5 cm³/mol. The minimum atomic E-state index is -0.0605. The average molecular weight is 289 g/mol. The van der Waals surface area contributed by atoms with Crippen LogP contribution in [0.2, 0.25) is 0 Å². The highest BCUT2D eigenvalue weighted by molar-refractivity contribution is 5.79. The Hall–Kier alpha value is -1.42. The molecule has 1 fully saturated rings. The van der Waals surface area contributed by atoms with Gasteiger partial charge in [0.05, 0.1) is 0 Å². The molecule has 1 aromatic rings. The van der Waals surface area contributed by atoms with Crippen molar-refractivity contribution in [3.63, 3.8) is 0 Å². The molecule has 3 atom stereocenters. The molecule has 3 unspecified atom stereocenters. The number of hydrogen-bond acceptors (Lipinski definition) is 3. The number of aromatic nitrogens is 1. The lowest BCUT2D eigenvalue weighted by Crippen LogP contribution is -2.51. The first-order chi connectivity index (χ1) is 9.84. The SMILES string of the molecule is Cc1cnccc1CNC(=O)C1CCC(N)C(C)C1(C)C. The van der Waals surface area contributed by atoms with Crippen molar-refractivity contribution in [2.24, 2.45) is 23.0 Å². The quantitative estimate of drug-likeness (QED) is 0.898. The first-order valence-electron chi connectivity index (χ1n) is 7.76. The van der Waals surface area contributed by atoms with Gasteiger partial charge in [0.1, 0.15) is 0 Å². The van der Waals surface area contributed by atoms with E-state index in [4.69, 9.17) is 5.73 Å². The molecule has 21 heavy (non-hydrogen) atoms. The highest BCUT2D eigenvalue weighted by Crippen LogP contribution is 2.44. The number of aryl methyl sites for hydroxylation is 1. The van der Waals surface area contributed by atoms with Crippen molar-refractivity contribution in [1.82, 2.24) is 10.3 Å². The summed E-state index contributed by atoms with van der Waals surface area (Å²) in [5.74, 6) is 0.536. The van der Waals surface area contributed by atoms with Gasteiger partial charge in [-0.1, -0.05) is 20.8 Å². The van der Waals surface area contributed by atoms with E-state index in [2.05, 4.69) is 31.1 Å². The van der Waals surface area contributed by atoms with Gasteiger partial charge in [0.2, 0.25) is 5.91 Å². The summed E-state index contributed by atoms with van der Waals surface area (Å²) in [6.45, 7) is 9.08. The second kappa shape index (κ2) is 6.14. The maximum Gasteiger partial charge on any atom is 0.223 e. The van der Waals surface area contributed by atoms with Gasteiger partial charge in [-0.25, -0.2) is 0 Å². The highest BCUT2D eigenvalue weighted by atomic mass is 16.1. The molecule has 0 bridgehead atoms. The van der Waals surface area contributed by atoms with Gasteiger partial charge in [-0.3, -0.25) is 9.78 Å². The first-order valence-corrected chi connectivity index (χ1v) is 7.76. The van der Waals surface area contributed by atoms with Crippen molar-refractivity contribution in [2.45, 2.75) is 53.1 Å². The summed E-state index contributed by atoms with van der Waals surface area (Å²) in [4.78, 5) is 16.7. The third kappa shape index (κ3) is 3.26. The fourth-order valence-corrected chi connectivity index (χ4v) is 3.33. The van der Waals surface area contributed by atoms with Crippen LogP contribution in [-0.2, 0) is 11.3 Å². The van der Waals surface area contributed by atoms with Crippen LogP contribution >= 0.6 is 0 Å². The summed E-state index contributed by atoms with van der Waals surface area (Å²) in [5.41, 5.74) is 8.33. The third-order valence-electron chi connectivity index (χ3n) is 5.41. The molecule has 1 aliphatic carbocycles. The van der Waals surface area contributed by atoms with E-state index >= 15 is 0 Å². The van der Waals surface area contributed by atoms with E-state index in [1.54, 1.807) is 6.20 Å². The Labute approximate surface area is 127 Å². The van der Waals surface area contributed by atoms with Crippen LogP contribution in [0.25, 0.3) is 0 Å². The van der Waals surface area contributed by atoms with E-state index in [0.717, 1.165) is 24.0 Å². The van der Waals surface area contributed by atoms with Gasteiger partial charge in [0, 0.05) is 30.9 Å². The monoisotopic (exact) mass is 289 g/mol. The molecule has 0 saturated heterocycles. The number of rotatable bonds is 3. The summed E-state index contributed by atoms with van der Waals surface area (Å²) in [6, 6.07) is 2.16. The summed E-state index contributed by atoms with van der Waals surface area (Å²) >= 11 is 0. The summed E-state index contributed by atoms with van der Waals surface area (Å²) in [5, 5.41) is 3.09. The molecule has 1 heterocycles. The van der Waals surface area contributed by atoms with Gasteiger partial charge in [0.15, 0.2) is 0 Å². The van der Waals surface area contributed by atoms with Crippen LogP contribution < -0.4 is 11.1 Å². The Balaban J connectivity index is 2.02. The molecule has 0 aliphatic heterocycles. The largest absolute Gasteiger partial charge is 0.352 e. The second-order valence-corrected chi connectivity index (χ2v) is 6.92. The fraction of sp³-hybridized carbons (Fsp3) is 0.647. The maximum absolute atomic E-state index is 12.6. The first kappa shape index (κ1) is 16.0. The van der Waals surface area contributed by atoms with Gasteiger partial charge < -0.3 is 11.1 Å². The van der Waals surface area contributed by atoms with Crippen molar-refractivity contribution >= 4 is 5.91 Å². The molecule has 4 nitrogen and oxygen atoms in total. The van der Waals surface area contributed by atoms with Crippen molar-refractivity contribution in [3.8, 4) is 0 Å². The zero-order chi connectivity index (χ0) is 15.6. The molecule has 0 spiro atoms. The van der Waals surface area contributed by atoms with Crippen LogP contribution in [0.5, 0.6) is 0 Å². The predicted octanol–water partition coefficient (Wildman–Crippen LogP) is 2.41. The lowest BCUT2D eigenvalue weighted by atomic mass is 9.61. The standard InChI is InChI=1S/C17H27N3O/c1-11-9-19-8-7-13(11)10-20-16(21)14-5-6-15(18)12(2)17(14,3)4/h7-9,12,14-15H,5-6,10,18H2,1-4H3,(H,20,21). The number of carbonyl (C=O) groups is 1. The van der Waals surface area contributed by atoms with E-state index in [9.17, 15) is 4.79 Å². The molecular formula is C17H27N3O. The van der Waals surface area contributed by atoms with Crippen molar-refractivity contribution in [2.75, 3.05) is 0 Å². The van der Waals surface area contributed by atoms with Crippen LogP contribution in [0.4, 0.5) is 0 Å². The number of pyridine rings is 1. The highest BCUT2D eigenvalue weighted by Gasteiger charge is 2.44. The maximum atomic E-state index is 12.6. The van der Waals surface area contributed by atoms with E-state index in [1.807, 2.05) is 19.2 Å². The molecule has 0 aromatic carbocycles. The molecule has 1 amide bonds. The molecule has 4 heteroatoms. The van der Waals surface area contributed by atoms with Gasteiger partial charge >= 0.3 is 0 Å². The lowest BCUT2D eigenvalue weighted by molar-refractivity contribution is -0.132. The van der Waals surface area contributed by atoms with Crippen molar-refractivity contribution in [3.05, 3.63) is 29.6 Å². The molecule has 2 rings (SSSR count).